The fourth-order valence-electron chi connectivity index (χ4n) is 3.87. The molecule has 2 aliphatic heterocycles. The molecule has 1 amide bonds. The van der Waals surface area contributed by atoms with Crippen LogP contribution in [0.3, 0.4) is 0 Å². The van der Waals surface area contributed by atoms with Gasteiger partial charge in [-0.2, -0.15) is 0 Å². The summed E-state index contributed by atoms with van der Waals surface area (Å²) in [6.07, 6.45) is 4.56. The Morgan fingerprint density at radius 2 is 1.95 bits per heavy atom. The number of halogens is 1. The van der Waals surface area contributed by atoms with Gasteiger partial charge in [0.05, 0.1) is 12.7 Å². The van der Waals surface area contributed by atoms with Crippen LogP contribution >= 0.6 is 11.6 Å². The Morgan fingerprint density at radius 1 is 1.23 bits per heavy atom. The van der Waals surface area contributed by atoms with Gasteiger partial charge in [-0.25, -0.2) is 0 Å². The Balaban J connectivity index is 1.86. The normalized spacial score (nSPS) is 25.7. The SMILES string of the molecule is COc1ccc(Cl)cc1C(=O)N1CCC[C@H]1[C@H]1CCCN1C. The first kappa shape index (κ1) is 15.6. The Labute approximate surface area is 137 Å². The average molecular weight is 323 g/mol. The van der Waals surface area contributed by atoms with Gasteiger partial charge in [-0.05, 0) is 57.5 Å². The van der Waals surface area contributed by atoms with Gasteiger partial charge in [0.25, 0.3) is 5.91 Å². The van der Waals surface area contributed by atoms with E-state index in [1.54, 1.807) is 25.3 Å². The highest BCUT2D eigenvalue weighted by Crippen LogP contribution is 2.32. The van der Waals surface area contributed by atoms with Crippen LogP contribution in [-0.4, -0.2) is 55.0 Å². The molecule has 2 saturated heterocycles. The van der Waals surface area contributed by atoms with Crippen molar-refractivity contribution in [3.05, 3.63) is 28.8 Å². The molecule has 2 heterocycles. The van der Waals surface area contributed by atoms with E-state index in [2.05, 4.69) is 11.9 Å². The third kappa shape index (κ3) is 2.82. The highest BCUT2D eigenvalue weighted by Gasteiger charge is 2.39. The van der Waals surface area contributed by atoms with Gasteiger partial charge in [-0.15, -0.1) is 0 Å². The lowest BCUT2D eigenvalue weighted by atomic mass is 10.0. The van der Waals surface area contributed by atoms with E-state index < -0.39 is 0 Å². The van der Waals surface area contributed by atoms with Gasteiger partial charge in [0, 0.05) is 23.7 Å². The number of hydrogen-bond acceptors (Lipinski definition) is 3. The number of nitrogens with zero attached hydrogens (tertiary/aromatic N) is 2. The van der Waals surface area contributed by atoms with E-state index in [0.717, 1.165) is 25.9 Å². The van der Waals surface area contributed by atoms with Gasteiger partial charge in [0.15, 0.2) is 0 Å². The second-order valence-corrected chi connectivity index (χ2v) is 6.68. The maximum Gasteiger partial charge on any atom is 0.257 e. The molecule has 0 unspecified atom stereocenters. The number of ether oxygens (including phenoxy) is 1. The highest BCUT2D eigenvalue weighted by molar-refractivity contribution is 6.31. The third-order valence-corrected chi connectivity index (χ3v) is 5.21. The number of likely N-dealkylation sites (tertiary alicyclic amines) is 2. The largest absolute Gasteiger partial charge is 0.496 e. The zero-order chi connectivity index (χ0) is 15.7. The van der Waals surface area contributed by atoms with Gasteiger partial charge >= 0.3 is 0 Å². The molecular formula is C17H23ClN2O2. The molecule has 2 atom stereocenters. The first-order valence-corrected chi connectivity index (χ1v) is 8.34. The fraction of sp³-hybridized carbons (Fsp3) is 0.588. The molecule has 0 N–H and O–H groups in total. The second-order valence-electron chi connectivity index (χ2n) is 6.24. The zero-order valence-corrected chi connectivity index (χ0v) is 14.0. The molecule has 0 spiro atoms. The number of carbonyl (C=O) groups excluding carboxylic acids is 1. The number of benzene rings is 1. The molecule has 22 heavy (non-hydrogen) atoms. The van der Waals surface area contributed by atoms with Crippen LogP contribution in [0.1, 0.15) is 36.0 Å². The van der Waals surface area contributed by atoms with Crippen molar-refractivity contribution in [2.75, 3.05) is 27.2 Å². The van der Waals surface area contributed by atoms with E-state index in [9.17, 15) is 4.79 Å². The average Bonchev–Trinajstić information content (AvgIpc) is 3.14. The van der Waals surface area contributed by atoms with E-state index >= 15 is 0 Å². The van der Waals surface area contributed by atoms with Crippen LogP contribution in [0.15, 0.2) is 18.2 Å². The maximum absolute atomic E-state index is 13.0. The summed E-state index contributed by atoms with van der Waals surface area (Å²) in [5, 5.41) is 0.567. The van der Waals surface area contributed by atoms with Crippen molar-refractivity contribution >= 4 is 17.5 Å². The number of methoxy groups -OCH3 is 1. The van der Waals surface area contributed by atoms with Crippen molar-refractivity contribution in [1.82, 2.24) is 9.80 Å². The topological polar surface area (TPSA) is 32.8 Å². The molecule has 0 radical (unpaired) electrons. The van der Waals surface area contributed by atoms with E-state index in [4.69, 9.17) is 16.3 Å². The first-order valence-electron chi connectivity index (χ1n) is 7.96. The van der Waals surface area contributed by atoms with E-state index in [1.807, 2.05) is 4.90 Å². The van der Waals surface area contributed by atoms with Crippen LogP contribution in [0.2, 0.25) is 5.02 Å². The van der Waals surface area contributed by atoms with Crippen LogP contribution in [0, 0.1) is 0 Å². The van der Waals surface area contributed by atoms with Crippen molar-refractivity contribution in [2.45, 2.75) is 37.8 Å². The van der Waals surface area contributed by atoms with Crippen molar-refractivity contribution in [3.63, 3.8) is 0 Å². The van der Waals surface area contributed by atoms with Crippen molar-refractivity contribution in [3.8, 4) is 5.75 Å². The van der Waals surface area contributed by atoms with Gasteiger partial charge < -0.3 is 14.5 Å². The number of rotatable bonds is 3. The molecule has 5 heteroatoms. The van der Waals surface area contributed by atoms with Crippen molar-refractivity contribution in [2.24, 2.45) is 0 Å². The smallest absolute Gasteiger partial charge is 0.257 e. The second kappa shape index (κ2) is 6.47. The molecule has 1 aromatic carbocycles. The number of likely N-dealkylation sites (N-methyl/N-ethyl adjacent to an activating group) is 1. The molecule has 0 bridgehead atoms. The van der Waals surface area contributed by atoms with Gasteiger partial charge in [0.2, 0.25) is 0 Å². The van der Waals surface area contributed by atoms with Gasteiger partial charge in [-0.3, -0.25) is 4.79 Å². The lowest BCUT2D eigenvalue weighted by molar-refractivity contribution is 0.0661. The third-order valence-electron chi connectivity index (χ3n) is 4.97. The molecule has 120 valence electrons. The Morgan fingerprint density at radius 3 is 2.64 bits per heavy atom. The fourth-order valence-corrected chi connectivity index (χ4v) is 4.04. The maximum atomic E-state index is 13.0. The standard InChI is InChI=1S/C17H23ClN2O2/c1-19-9-3-5-14(19)15-6-4-10-20(15)17(21)13-11-12(18)7-8-16(13)22-2/h7-8,11,14-15H,3-6,9-10H2,1-2H3/t14-,15+/m1/s1. The van der Waals surface area contributed by atoms with Crippen LogP contribution in [-0.2, 0) is 0 Å². The minimum atomic E-state index is 0.0437. The van der Waals surface area contributed by atoms with Crippen molar-refractivity contribution in [1.29, 1.82) is 0 Å². The van der Waals surface area contributed by atoms with E-state index in [1.165, 1.54) is 12.8 Å². The summed E-state index contributed by atoms with van der Waals surface area (Å²) < 4.78 is 5.35. The summed E-state index contributed by atoms with van der Waals surface area (Å²) in [5.74, 6) is 0.641. The van der Waals surface area contributed by atoms with Crippen LogP contribution in [0.25, 0.3) is 0 Å². The summed E-state index contributed by atoms with van der Waals surface area (Å²) in [6.45, 7) is 1.95. The Bertz CT molecular complexity index is 564. The lowest BCUT2D eigenvalue weighted by Crippen LogP contribution is -2.47. The number of carbonyl (C=O) groups is 1. The summed E-state index contributed by atoms with van der Waals surface area (Å²) in [7, 11) is 3.75. The van der Waals surface area contributed by atoms with Gasteiger partial charge in [0.1, 0.15) is 5.75 Å². The van der Waals surface area contributed by atoms with Crippen LogP contribution < -0.4 is 4.74 Å². The quantitative estimate of drug-likeness (QED) is 0.857. The molecule has 0 saturated carbocycles. The Hall–Kier alpha value is -1.26. The minimum Gasteiger partial charge on any atom is -0.496 e. The molecule has 1 aromatic rings. The molecule has 0 aliphatic carbocycles. The highest BCUT2D eigenvalue weighted by atomic mass is 35.5. The zero-order valence-electron chi connectivity index (χ0n) is 13.2. The Kier molecular flexibility index (Phi) is 4.59. The lowest BCUT2D eigenvalue weighted by Gasteiger charge is -2.33. The minimum absolute atomic E-state index is 0.0437. The van der Waals surface area contributed by atoms with Crippen LogP contribution in [0.5, 0.6) is 5.75 Å². The number of hydrogen-bond donors (Lipinski definition) is 0. The van der Waals surface area contributed by atoms with Crippen molar-refractivity contribution < 1.29 is 9.53 Å². The van der Waals surface area contributed by atoms with Gasteiger partial charge in [-0.1, -0.05) is 11.6 Å². The van der Waals surface area contributed by atoms with E-state index in [-0.39, 0.29) is 5.91 Å². The van der Waals surface area contributed by atoms with E-state index in [0.29, 0.717) is 28.4 Å². The molecule has 3 rings (SSSR count). The molecule has 2 aliphatic rings. The summed E-state index contributed by atoms with van der Waals surface area (Å²) in [5.41, 5.74) is 0.572. The first-order chi connectivity index (χ1) is 10.6. The summed E-state index contributed by atoms with van der Waals surface area (Å²) in [6, 6.07) is 6.03. The number of amides is 1. The monoisotopic (exact) mass is 322 g/mol. The van der Waals surface area contributed by atoms with Crippen LogP contribution in [0.4, 0.5) is 0 Å². The predicted octanol–water partition coefficient (Wildman–Crippen LogP) is 3.05. The molecule has 0 aromatic heterocycles. The molecule has 2 fully saturated rings. The predicted molar refractivity (Wildman–Crippen MR) is 87.7 cm³/mol. The summed E-state index contributed by atoms with van der Waals surface area (Å²) in [4.78, 5) is 17.4. The summed E-state index contributed by atoms with van der Waals surface area (Å²) >= 11 is 6.08. The molecular weight excluding hydrogens is 300 g/mol. The molecule has 4 nitrogen and oxygen atoms in total.